The van der Waals surface area contributed by atoms with E-state index in [4.69, 9.17) is 4.74 Å². The number of aromatic nitrogens is 3. The second-order valence-corrected chi connectivity index (χ2v) is 8.94. The molecule has 0 saturated carbocycles. The average molecular weight is 434 g/mol. The molecule has 8 heteroatoms. The lowest BCUT2D eigenvalue weighted by molar-refractivity contribution is 0.0694. The summed E-state index contributed by atoms with van der Waals surface area (Å²) in [6.45, 7) is 9.45. The fraction of sp³-hybridized carbons (Fsp3) is 0.375. The molecule has 0 spiro atoms. The number of hydrogen-bond acceptors (Lipinski definition) is 5. The summed E-state index contributed by atoms with van der Waals surface area (Å²) in [4.78, 5) is 24.2. The van der Waals surface area contributed by atoms with Crippen LogP contribution in [0.2, 0.25) is 0 Å². The highest BCUT2D eigenvalue weighted by Gasteiger charge is 2.32. The molecule has 2 aliphatic heterocycles. The lowest BCUT2D eigenvalue weighted by Crippen LogP contribution is -2.44. The molecular weight excluding hydrogens is 408 g/mol. The summed E-state index contributed by atoms with van der Waals surface area (Å²) in [6, 6.07) is 3.94. The molecule has 4 heterocycles. The van der Waals surface area contributed by atoms with Gasteiger partial charge >= 0.3 is 5.97 Å². The zero-order valence-electron chi connectivity index (χ0n) is 18.6. The van der Waals surface area contributed by atoms with E-state index in [2.05, 4.69) is 43.9 Å². The van der Waals surface area contributed by atoms with Crippen molar-refractivity contribution in [3.05, 3.63) is 57.6 Å². The molecule has 0 amide bonds. The van der Waals surface area contributed by atoms with Crippen LogP contribution in [0.3, 0.4) is 0 Å². The number of aromatic carboxylic acids is 1. The number of ether oxygens (including phenoxy) is 1. The maximum absolute atomic E-state index is 12.6. The Labute approximate surface area is 185 Å². The Kier molecular flexibility index (Phi) is 4.62. The standard InChI is InChI=1S/C24H26N4O4/c1-13(2)26-10-16(9-25-26)18-7-15-11-27(14(3)4)28-12-19(24(30)31)21(29)8-20(28)22(15)17-5-6-32-23(17)18/h7-10,12-14H,5-6,11H2,1-4H3,(H,30,31). The Morgan fingerprint density at radius 3 is 2.59 bits per heavy atom. The molecule has 0 atom stereocenters. The van der Waals surface area contributed by atoms with Crippen molar-refractivity contribution < 1.29 is 14.6 Å². The lowest BCUT2D eigenvalue weighted by Gasteiger charge is -2.39. The number of hydrogen-bond donors (Lipinski definition) is 1. The van der Waals surface area contributed by atoms with E-state index in [0.29, 0.717) is 18.8 Å². The van der Waals surface area contributed by atoms with Crippen LogP contribution in [0.25, 0.3) is 22.4 Å². The monoisotopic (exact) mass is 434 g/mol. The van der Waals surface area contributed by atoms with E-state index in [9.17, 15) is 14.7 Å². The highest BCUT2D eigenvalue weighted by atomic mass is 16.5. The Balaban J connectivity index is 1.77. The van der Waals surface area contributed by atoms with Crippen LogP contribution in [0.5, 0.6) is 5.75 Å². The van der Waals surface area contributed by atoms with Crippen molar-refractivity contribution in [3.8, 4) is 28.1 Å². The second kappa shape index (κ2) is 7.25. The lowest BCUT2D eigenvalue weighted by atomic mass is 9.89. The quantitative estimate of drug-likeness (QED) is 0.677. The topological polar surface area (TPSA) is 89.6 Å². The smallest absolute Gasteiger partial charge is 0.341 e. The van der Waals surface area contributed by atoms with Crippen LogP contribution in [0.15, 0.2) is 35.5 Å². The van der Waals surface area contributed by atoms with Crippen LogP contribution in [-0.4, -0.2) is 38.2 Å². The molecule has 2 aliphatic rings. The number of rotatable bonds is 4. The molecule has 3 aromatic rings. The van der Waals surface area contributed by atoms with Gasteiger partial charge in [0.25, 0.3) is 0 Å². The molecule has 1 N–H and O–H groups in total. The Morgan fingerprint density at radius 2 is 1.94 bits per heavy atom. The van der Waals surface area contributed by atoms with Crippen molar-refractivity contribution in [2.45, 2.75) is 52.7 Å². The van der Waals surface area contributed by atoms with E-state index >= 15 is 0 Å². The van der Waals surface area contributed by atoms with Gasteiger partial charge in [0.15, 0.2) is 5.43 Å². The van der Waals surface area contributed by atoms with Crippen molar-refractivity contribution in [2.24, 2.45) is 0 Å². The predicted octanol–water partition coefficient (Wildman–Crippen LogP) is 3.45. The summed E-state index contributed by atoms with van der Waals surface area (Å²) < 4.78 is 9.82. The molecular formula is C24H26N4O4. The fourth-order valence-electron chi connectivity index (χ4n) is 4.62. The van der Waals surface area contributed by atoms with Crippen molar-refractivity contribution in [2.75, 3.05) is 11.6 Å². The maximum Gasteiger partial charge on any atom is 0.341 e. The van der Waals surface area contributed by atoms with Crippen molar-refractivity contribution in [3.63, 3.8) is 0 Å². The van der Waals surface area contributed by atoms with Gasteiger partial charge in [-0.3, -0.25) is 14.2 Å². The van der Waals surface area contributed by atoms with Crippen molar-refractivity contribution >= 4 is 5.97 Å². The summed E-state index contributed by atoms with van der Waals surface area (Å²) >= 11 is 0. The van der Waals surface area contributed by atoms with Crippen LogP contribution in [-0.2, 0) is 13.0 Å². The van der Waals surface area contributed by atoms with E-state index in [-0.39, 0.29) is 17.6 Å². The second-order valence-electron chi connectivity index (χ2n) is 8.94. The number of carboxylic acid groups (broad SMARTS) is 1. The minimum absolute atomic E-state index is 0.0997. The molecule has 0 radical (unpaired) electrons. The van der Waals surface area contributed by atoms with Gasteiger partial charge < -0.3 is 14.9 Å². The maximum atomic E-state index is 12.6. The molecule has 166 valence electrons. The highest BCUT2D eigenvalue weighted by molar-refractivity contribution is 5.89. The third-order valence-electron chi connectivity index (χ3n) is 6.22. The van der Waals surface area contributed by atoms with Crippen LogP contribution in [0.4, 0.5) is 0 Å². The van der Waals surface area contributed by atoms with Crippen LogP contribution < -0.4 is 15.2 Å². The molecule has 0 saturated heterocycles. The highest BCUT2D eigenvalue weighted by Crippen LogP contribution is 2.46. The molecule has 32 heavy (non-hydrogen) atoms. The first-order valence-corrected chi connectivity index (χ1v) is 10.9. The predicted molar refractivity (Wildman–Crippen MR) is 121 cm³/mol. The molecule has 8 nitrogen and oxygen atoms in total. The molecule has 2 aromatic heterocycles. The summed E-state index contributed by atoms with van der Waals surface area (Å²) in [5, 5.41) is 16.1. The fourth-order valence-corrected chi connectivity index (χ4v) is 4.62. The van der Waals surface area contributed by atoms with Crippen LogP contribution in [0.1, 0.15) is 55.2 Å². The van der Waals surface area contributed by atoms with Crippen LogP contribution in [0, 0.1) is 0 Å². The van der Waals surface area contributed by atoms with Gasteiger partial charge in [-0.1, -0.05) is 0 Å². The van der Waals surface area contributed by atoms with E-state index in [0.717, 1.165) is 40.0 Å². The van der Waals surface area contributed by atoms with Crippen LogP contribution >= 0.6 is 0 Å². The first-order chi connectivity index (χ1) is 15.3. The van der Waals surface area contributed by atoms with E-state index in [1.54, 1.807) is 0 Å². The largest absolute Gasteiger partial charge is 0.492 e. The van der Waals surface area contributed by atoms with E-state index < -0.39 is 11.4 Å². The third-order valence-corrected chi connectivity index (χ3v) is 6.22. The number of carbonyl (C=O) groups is 1. The Bertz CT molecular complexity index is 1300. The van der Waals surface area contributed by atoms with Gasteiger partial charge in [0.05, 0.1) is 25.0 Å². The number of pyridine rings is 1. The third kappa shape index (κ3) is 3.01. The summed E-state index contributed by atoms with van der Waals surface area (Å²) in [6.07, 6.45) is 6.09. The average Bonchev–Trinajstić information content (AvgIpc) is 3.41. The van der Waals surface area contributed by atoms with Crippen molar-refractivity contribution in [1.82, 2.24) is 14.5 Å². The molecule has 0 aliphatic carbocycles. The first-order valence-electron chi connectivity index (χ1n) is 10.9. The minimum Gasteiger partial charge on any atom is -0.492 e. The van der Waals surface area contributed by atoms with E-state index in [1.165, 1.54) is 12.3 Å². The SMILES string of the molecule is CC(C)N1Cc2cc(-c3cnn(C(C)C)c3)c3c(c2-c2cc(=O)c(C(=O)O)cn21)CCO3. The van der Waals surface area contributed by atoms with Gasteiger partial charge in [0.1, 0.15) is 11.3 Å². The van der Waals surface area contributed by atoms with E-state index in [1.807, 2.05) is 21.8 Å². The Hall–Kier alpha value is -3.55. The minimum atomic E-state index is -1.22. The zero-order valence-corrected chi connectivity index (χ0v) is 18.6. The Morgan fingerprint density at radius 1 is 1.16 bits per heavy atom. The number of fused-ring (bicyclic) bond motifs is 5. The molecule has 5 rings (SSSR count). The van der Waals surface area contributed by atoms with Gasteiger partial charge in [-0.05, 0) is 39.3 Å². The number of carboxylic acids is 1. The summed E-state index contributed by atoms with van der Waals surface area (Å²) in [5.41, 5.74) is 5.13. The van der Waals surface area contributed by atoms with Gasteiger partial charge in [-0.25, -0.2) is 4.79 Å². The molecule has 0 fully saturated rings. The number of nitrogens with zero attached hydrogens (tertiary/aromatic N) is 4. The molecule has 0 bridgehead atoms. The zero-order chi connectivity index (χ0) is 22.7. The van der Waals surface area contributed by atoms with Gasteiger partial charge in [-0.2, -0.15) is 5.10 Å². The molecule has 1 aromatic carbocycles. The summed E-state index contributed by atoms with van der Waals surface area (Å²) in [7, 11) is 0. The van der Waals surface area contributed by atoms with Gasteiger partial charge in [-0.15, -0.1) is 0 Å². The first kappa shape index (κ1) is 20.4. The molecule has 0 unspecified atom stereocenters. The summed E-state index contributed by atoms with van der Waals surface area (Å²) in [5.74, 6) is -0.391. The normalized spacial score (nSPS) is 14.4. The van der Waals surface area contributed by atoms with Gasteiger partial charge in [0, 0.05) is 59.2 Å². The van der Waals surface area contributed by atoms with Gasteiger partial charge in [0.2, 0.25) is 0 Å². The number of benzene rings is 1. The van der Waals surface area contributed by atoms with Crippen molar-refractivity contribution in [1.29, 1.82) is 0 Å².